The van der Waals surface area contributed by atoms with Gasteiger partial charge in [0.15, 0.2) is 11.4 Å². The topological polar surface area (TPSA) is 151 Å². The lowest BCUT2D eigenvalue weighted by molar-refractivity contribution is -0.150. The fourth-order valence-corrected chi connectivity index (χ4v) is 5.22. The molecule has 54 heavy (non-hydrogen) atoms. The molecule has 0 aliphatic carbocycles. The molecule has 1 heterocycles. The summed E-state index contributed by atoms with van der Waals surface area (Å²) in [6, 6.07) is 8.04. The number of benzene rings is 1. The fourth-order valence-electron chi connectivity index (χ4n) is 5.22. The van der Waals surface area contributed by atoms with Crippen LogP contribution >= 0.6 is 0 Å². The van der Waals surface area contributed by atoms with Gasteiger partial charge < -0.3 is 30.3 Å². The van der Waals surface area contributed by atoms with Crippen LogP contribution in [0.5, 0.6) is 0 Å². The Kier molecular flexibility index (Phi) is 23.3. The number of hydrogen-bond donors (Lipinski definition) is 4. The van der Waals surface area contributed by atoms with Gasteiger partial charge in [-0.3, -0.25) is 14.4 Å². The van der Waals surface area contributed by atoms with Gasteiger partial charge in [0.2, 0.25) is 11.7 Å². The zero-order valence-electron chi connectivity index (χ0n) is 32.0. The fraction of sp³-hybridized carbons (Fsp3) is 0.455. The van der Waals surface area contributed by atoms with Gasteiger partial charge in [0.1, 0.15) is 6.04 Å². The summed E-state index contributed by atoms with van der Waals surface area (Å²) in [6.07, 6.45) is 34.1. The molecule has 1 aliphatic rings. The molecule has 0 aromatic heterocycles. The first-order chi connectivity index (χ1) is 26.2. The number of nitrogens with one attached hydrogen (secondary N) is 2. The molecule has 2 atom stereocenters. The maximum absolute atomic E-state index is 12.9. The molecule has 0 saturated heterocycles. The van der Waals surface area contributed by atoms with Crippen LogP contribution < -0.4 is 10.6 Å². The van der Waals surface area contributed by atoms with E-state index in [4.69, 9.17) is 9.47 Å². The monoisotopic (exact) mass is 744 g/mol. The molecule has 0 spiro atoms. The molecule has 10 heteroatoms. The van der Waals surface area contributed by atoms with Crippen LogP contribution in [0.1, 0.15) is 90.0 Å². The highest BCUT2D eigenvalue weighted by Gasteiger charge is 2.43. The number of esters is 1. The summed E-state index contributed by atoms with van der Waals surface area (Å²) < 4.78 is 11.1. The van der Waals surface area contributed by atoms with Crippen LogP contribution in [0.2, 0.25) is 0 Å². The van der Waals surface area contributed by atoms with Crippen LogP contribution in [0.15, 0.2) is 115 Å². The number of unbranched alkanes of at least 4 members (excludes halogenated alkanes) is 1. The minimum atomic E-state index is -1.27. The number of rotatable bonds is 27. The molecule has 0 bridgehead atoms. The first kappa shape index (κ1) is 45.4. The van der Waals surface area contributed by atoms with Crippen molar-refractivity contribution in [2.75, 3.05) is 26.4 Å². The minimum absolute atomic E-state index is 0.0608. The number of carbonyl (C=O) groups excluding carboxylic acids is 4. The summed E-state index contributed by atoms with van der Waals surface area (Å²) in [7, 11) is 0. The van der Waals surface area contributed by atoms with Gasteiger partial charge in [-0.2, -0.15) is 0 Å². The van der Waals surface area contributed by atoms with Gasteiger partial charge in [0.05, 0.1) is 19.8 Å². The van der Waals surface area contributed by atoms with E-state index in [1.54, 1.807) is 31.2 Å². The van der Waals surface area contributed by atoms with Crippen molar-refractivity contribution < 1.29 is 38.9 Å². The van der Waals surface area contributed by atoms with Crippen molar-refractivity contribution in [1.82, 2.24) is 10.6 Å². The van der Waals surface area contributed by atoms with Crippen LogP contribution in [0.3, 0.4) is 0 Å². The zero-order chi connectivity index (χ0) is 39.3. The number of carbonyl (C=O) groups is 4. The van der Waals surface area contributed by atoms with Crippen molar-refractivity contribution in [1.29, 1.82) is 0 Å². The molecule has 0 radical (unpaired) electrons. The second kappa shape index (κ2) is 27.8. The highest BCUT2D eigenvalue weighted by atomic mass is 16.5. The second-order valence-corrected chi connectivity index (χ2v) is 13.1. The Labute approximate surface area is 321 Å². The van der Waals surface area contributed by atoms with Gasteiger partial charge in [0.25, 0.3) is 5.91 Å². The Morgan fingerprint density at radius 3 is 1.93 bits per heavy atom. The normalized spacial score (nSPS) is 16.8. The van der Waals surface area contributed by atoms with Crippen LogP contribution in [0, 0.1) is 5.92 Å². The number of hydrogen-bond acceptors (Lipinski definition) is 8. The van der Waals surface area contributed by atoms with E-state index in [2.05, 4.69) is 78.3 Å². The highest BCUT2D eigenvalue weighted by molar-refractivity contribution is 6.07. The predicted molar refractivity (Wildman–Crippen MR) is 213 cm³/mol. The number of aliphatic hydroxyl groups is 2. The Morgan fingerprint density at radius 1 is 0.815 bits per heavy atom. The van der Waals surface area contributed by atoms with Gasteiger partial charge in [-0.15, -0.1) is 0 Å². The van der Waals surface area contributed by atoms with Crippen molar-refractivity contribution in [3.8, 4) is 0 Å². The molecule has 2 amide bonds. The molecule has 1 aliphatic heterocycles. The third kappa shape index (κ3) is 18.3. The van der Waals surface area contributed by atoms with Crippen molar-refractivity contribution >= 4 is 23.6 Å². The van der Waals surface area contributed by atoms with Gasteiger partial charge >= 0.3 is 5.97 Å². The van der Waals surface area contributed by atoms with E-state index in [0.29, 0.717) is 24.8 Å². The summed E-state index contributed by atoms with van der Waals surface area (Å²) >= 11 is 0. The lowest BCUT2D eigenvalue weighted by atomic mass is 9.92. The minimum Gasteiger partial charge on any atom is -0.469 e. The second-order valence-electron chi connectivity index (χ2n) is 13.1. The molecule has 294 valence electrons. The van der Waals surface area contributed by atoms with Crippen molar-refractivity contribution in [3.05, 3.63) is 121 Å². The Bertz CT molecular complexity index is 1490. The van der Waals surface area contributed by atoms with E-state index in [1.807, 2.05) is 18.2 Å². The first-order valence-corrected chi connectivity index (χ1v) is 19.1. The average Bonchev–Trinajstić information content (AvgIpc) is 3.50. The summed E-state index contributed by atoms with van der Waals surface area (Å²) in [5.74, 6) is -2.47. The zero-order valence-corrected chi connectivity index (χ0v) is 32.0. The third-order valence-electron chi connectivity index (χ3n) is 8.53. The molecule has 0 saturated carbocycles. The Hall–Kier alpha value is -4.80. The molecule has 0 fully saturated rings. The number of allylic oxidation sites excluding steroid dienone is 12. The smallest absolute Gasteiger partial charge is 0.328 e. The van der Waals surface area contributed by atoms with Gasteiger partial charge in [0, 0.05) is 30.5 Å². The summed E-state index contributed by atoms with van der Waals surface area (Å²) in [5.41, 5.74) is -0.618. The average molecular weight is 745 g/mol. The summed E-state index contributed by atoms with van der Waals surface area (Å²) in [6.45, 7) is 3.15. The predicted octanol–water partition coefficient (Wildman–Crippen LogP) is 6.78. The van der Waals surface area contributed by atoms with Crippen molar-refractivity contribution in [2.45, 2.75) is 96.1 Å². The van der Waals surface area contributed by atoms with Crippen molar-refractivity contribution in [2.24, 2.45) is 5.92 Å². The number of ketones is 1. The van der Waals surface area contributed by atoms with E-state index < -0.39 is 29.4 Å². The Morgan fingerprint density at radius 2 is 1.37 bits per heavy atom. The van der Waals surface area contributed by atoms with E-state index >= 15 is 0 Å². The Balaban J connectivity index is 1.71. The summed E-state index contributed by atoms with van der Waals surface area (Å²) in [4.78, 5) is 51.0. The van der Waals surface area contributed by atoms with Gasteiger partial charge in [-0.25, -0.2) is 4.79 Å². The molecule has 10 nitrogen and oxygen atoms in total. The van der Waals surface area contributed by atoms with Gasteiger partial charge in [-0.05, 0) is 71.1 Å². The third-order valence-corrected chi connectivity index (χ3v) is 8.53. The van der Waals surface area contributed by atoms with Crippen molar-refractivity contribution in [3.63, 3.8) is 0 Å². The highest BCUT2D eigenvalue weighted by Crippen LogP contribution is 2.34. The standard InChI is InChI=1S/C44H60N2O8/c1-3-4-5-6-7-8-9-10-11-12-13-14-15-16-17-18-19-20-24-30-41(50)46-38(43(52)53-35-36(33-47)34-48)29-25-26-31-45-42(51)39-32-40(49)44(2,54-39)37-27-22-21-23-28-37/h4-5,7-8,10-11,13-14,16-17,19-23,27-28,32,36,38,47-48H,3,6,9,12,15,18,24-26,29-31,33-35H2,1-2H3,(H,45,51)(H,46,50)/b5-4-,8-7-,11-10-,14-13-,17-16-,20-19?. The maximum Gasteiger partial charge on any atom is 0.328 e. The molecular weight excluding hydrogens is 684 g/mol. The maximum atomic E-state index is 12.9. The number of aliphatic hydroxyl groups excluding tert-OH is 2. The molecule has 4 N–H and O–H groups in total. The summed E-state index contributed by atoms with van der Waals surface area (Å²) in [5, 5.41) is 24.2. The first-order valence-electron chi connectivity index (χ1n) is 19.1. The SMILES string of the molecule is CC/C=C\C/C=C\C/C=C\C/C=C\C/C=C\CC=CCCC(=O)NC(CCCCNC(=O)C1=CC(=O)C(C)(c2ccccc2)O1)C(=O)OCC(CO)CO. The molecular formula is C44H60N2O8. The molecule has 1 aromatic rings. The van der Waals surface area contributed by atoms with E-state index in [-0.39, 0.29) is 56.7 Å². The lowest BCUT2D eigenvalue weighted by Gasteiger charge is -2.24. The number of ether oxygens (including phenoxy) is 2. The van der Waals surface area contributed by atoms with E-state index in [1.165, 1.54) is 6.08 Å². The number of amides is 2. The van der Waals surface area contributed by atoms with Crippen LogP contribution in [0.4, 0.5) is 0 Å². The van der Waals surface area contributed by atoms with E-state index in [9.17, 15) is 29.4 Å². The lowest BCUT2D eigenvalue weighted by Crippen LogP contribution is -2.42. The van der Waals surface area contributed by atoms with Crippen LogP contribution in [0.25, 0.3) is 0 Å². The largest absolute Gasteiger partial charge is 0.469 e. The van der Waals surface area contributed by atoms with E-state index in [0.717, 1.165) is 38.5 Å². The molecule has 2 rings (SSSR count). The van der Waals surface area contributed by atoms with Crippen LogP contribution in [-0.4, -0.2) is 66.2 Å². The van der Waals surface area contributed by atoms with Gasteiger partial charge in [-0.1, -0.05) is 110 Å². The van der Waals surface area contributed by atoms with Crippen LogP contribution in [-0.2, 0) is 34.3 Å². The molecule has 1 aromatic carbocycles. The quantitative estimate of drug-likeness (QED) is 0.0438. The molecule has 2 unspecified atom stereocenters.